The van der Waals surface area contributed by atoms with Crippen molar-refractivity contribution in [3.63, 3.8) is 0 Å². The fraction of sp³-hybridized carbons (Fsp3) is 1.00. The zero-order valence-electron chi connectivity index (χ0n) is 10.1. The van der Waals surface area contributed by atoms with Crippen LogP contribution in [0.3, 0.4) is 0 Å². The minimum Gasteiger partial charge on any atom is -0.377 e. The van der Waals surface area contributed by atoms with E-state index >= 15 is 0 Å². The zero-order chi connectivity index (χ0) is 10.9. The van der Waals surface area contributed by atoms with Gasteiger partial charge in [0, 0.05) is 18.4 Å². The third kappa shape index (κ3) is 5.79. The first kappa shape index (κ1) is 13.3. The third-order valence-corrected chi connectivity index (χ3v) is 4.25. The number of hydrogen-bond acceptors (Lipinski definition) is 3. The lowest BCUT2D eigenvalue weighted by atomic mass is 10.1. The highest BCUT2D eigenvalue weighted by Gasteiger charge is 2.14. The summed E-state index contributed by atoms with van der Waals surface area (Å²) in [5.74, 6) is 2.49. The van der Waals surface area contributed by atoms with Crippen molar-refractivity contribution < 1.29 is 4.74 Å². The van der Waals surface area contributed by atoms with E-state index in [0.29, 0.717) is 12.1 Å². The number of nitrogens with one attached hydrogen (secondary N) is 1. The summed E-state index contributed by atoms with van der Waals surface area (Å²) in [4.78, 5) is 0. The molecule has 1 fully saturated rings. The number of ether oxygens (including phenoxy) is 1. The molecule has 0 amide bonds. The molecule has 1 rings (SSSR count). The van der Waals surface area contributed by atoms with Crippen LogP contribution >= 0.6 is 11.8 Å². The van der Waals surface area contributed by atoms with Crippen LogP contribution in [0.1, 0.15) is 39.0 Å². The molecule has 0 aliphatic carbocycles. The van der Waals surface area contributed by atoms with Crippen molar-refractivity contribution in [2.75, 3.05) is 25.2 Å². The fourth-order valence-electron chi connectivity index (χ4n) is 1.97. The summed E-state index contributed by atoms with van der Waals surface area (Å²) in [6.07, 6.45) is 6.99. The maximum absolute atomic E-state index is 5.59. The average Bonchev–Trinajstić information content (AvgIpc) is 2.76. The Kier molecular flexibility index (Phi) is 7.49. The normalized spacial score (nSPS) is 23.2. The van der Waals surface area contributed by atoms with E-state index in [0.717, 1.165) is 6.61 Å². The summed E-state index contributed by atoms with van der Waals surface area (Å²) in [5, 5.41) is 3.35. The Bertz CT molecular complexity index is 141. The van der Waals surface area contributed by atoms with Gasteiger partial charge < -0.3 is 10.1 Å². The molecule has 2 nitrogen and oxygen atoms in total. The largest absolute Gasteiger partial charge is 0.377 e. The number of hydrogen-bond donors (Lipinski definition) is 1. The Morgan fingerprint density at radius 1 is 1.53 bits per heavy atom. The summed E-state index contributed by atoms with van der Waals surface area (Å²) >= 11 is 2.06. The maximum Gasteiger partial charge on any atom is 0.0666 e. The van der Waals surface area contributed by atoms with Gasteiger partial charge >= 0.3 is 0 Å². The first-order chi connectivity index (χ1) is 7.36. The van der Waals surface area contributed by atoms with E-state index in [4.69, 9.17) is 4.74 Å². The molecule has 2 atom stereocenters. The molecule has 15 heavy (non-hydrogen) atoms. The Morgan fingerprint density at radius 3 is 3.00 bits per heavy atom. The minimum atomic E-state index is 0.557. The smallest absolute Gasteiger partial charge is 0.0666 e. The molecular formula is C12H25NOS. The molecule has 1 aliphatic rings. The molecule has 3 heteroatoms. The molecule has 0 aromatic rings. The van der Waals surface area contributed by atoms with Crippen LogP contribution < -0.4 is 5.32 Å². The van der Waals surface area contributed by atoms with Crippen LogP contribution in [-0.4, -0.2) is 37.3 Å². The summed E-state index contributed by atoms with van der Waals surface area (Å²) in [6.45, 7) is 3.24. The van der Waals surface area contributed by atoms with Gasteiger partial charge in [0.25, 0.3) is 0 Å². The van der Waals surface area contributed by atoms with Gasteiger partial charge in [-0.1, -0.05) is 6.92 Å². The van der Waals surface area contributed by atoms with Crippen molar-refractivity contribution in [1.82, 2.24) is 5.32 Å². The molecule has 0 radical (unpaired) electrons. The maximum atomic E-state index is 5.59. The Balaban J connectivity index is 1.87. The first-order valence-corrected chi connectivity index (χ1v) is 7.39. The zero-order valence-corrected chi connectivity index (χ0v) is 10.9. The lowest BCUT2D eigenvalue weighted by Gasteiger charge is -2.13. The molecule has 0 bridgehead atoms. The van der Waals surface area contributed by atoms with Crippen molar-refractivity contribution in [3.05, 3.63) is 0 Å². The van der Waals surface area contributed by atoms with E-state index in [-0.39, 0.29) is 0 Å². The first-order valence-electron chi connectivity index (χ1n) is 6.23. The predicted octanol–water partition coefficient (Wildman–Crippen LogP) is 2.68. The molecular weight excluding hydrogens is 206 g/mol. The topological polar surface area (TPSA) is 21.3 Å². The third-order valence-electron chi connectivity index (χ3n) is 3.07. The second-order valence-electron chi connectivity index (χ2n) is 4.25. The number of rotatable bonds is 8. The van der Waals surface area contributed by atoms with Crippen molar-refractivity contribution in [3.8, 4) is 0 Å². The molecule has 0 aromatic heterocycles. The highest BCUT2D eigenvalue weighted by Crippen LogP contribution is 2.18. The molecule has 1 N–H and O–H groups in total. The molecule has 1 heterocycles. The van der Waals surface area contributed by atoms with Crippen LogP contribution in [0.25, 0.3) is 0 Å². The van der Waals surface area contributed by atoms with Crippen molar-refractivity contribution >= 4 is 11.8 Å². The second kappa shape index (κ2) is 8.43. The molecule has 0 spiro atoms. The van der Waals surface area contributed by atoms with E-state index < -0.39 is 0 Å². The lowest BCUT2D eigenvalue weighted by Crippen LogP contribution is -2.24. The predicted molar refractivity (Wildman–Crippen MR) is 68.7 cm³/mol. The van der Waals surface area contributed by atoms with Gasteiger partial charge in [-0.25, -0.2) is 0 Å². The van der Waals surface area contributed by atoms with Crippen molar-refractivity contribution in [1.29, 1.82) is 0 Å². The monoisotopic (exact) mass is 231 g/mol. The van der Waals surface area contributed by atoms with Gasteiger partial charge in [-0.15, -0.1) is 0 Å². The van der Waals surface area contributed by atoms with Crippen LogP contribution in [0, 0.1) is 0 Å². The van der Waals surface area contributed by atoms with Crippen LogP contribution in [0.2, 0.25) is 0 Å². The van der Waals surface area contributed by atoms with Crippen LogP contribution in [0.15, 0.2) is 0 Å². The van der Waals surface area contributed by atoms with Gasteiger partial charge in [-0.05, 0) is 44.9 Å². The van der Waals surface area contributed by atoms with Gasteiger partial charge in [-0.3, -0.25) is 0 Å². The van der Waals surface area contributed by atoms with E-state index in [1.165, 1.54) is 43.6 Å². The van der Waals surface area contributed by atoms with Gasteiger partial charge in [0.15, 0.2) is 0 Å². The molecule has 0 saturated carbocycles. The van der Waals surface area contributed by atoms with Crippen molar-refractivity contribution in [2.45, 2.75) is 51.2 Å². The van der Waals surface area contributed by atoms with Gasteiger partial charge in [0.2, 0.25) is 0 Å². The molecule has 1 saturated heterocycles. The standard InChI is InChI=1S/C12H25NOS/c1-3-11(13-2)6-5-9-15-10-12-7-4-8-14-12/h11-13H,3-10H2,1-2H3. The summed E-state index contributed by atoms with van der Waals surface area (Å²) in [5.41, 5.74) is 0. The average molecular weight is 231 g/mol. The summed E-state index contributed by atoms with van der Waals surface area (Å²) in [7, 11) is 2.06. The van der Waals surface area contributed by atoms with E-state index in [9.17, 15) is 0 Å². The molecule has 0 aromatic carbocycles. The quantitative estimate of drug-likeness (QED) is 0.649. The number of thioether (sulfide) groups is 1. The Morgan fingerprint density at radius 2 is 2.40 bits per heavy atom. The van der Waals surface area contributed by atoms with Gasteiger partial charge in [-0.2, -0.15) is 11.8 Å². The summed E-state index contributed by atoms with van der Waals surface area (Å²) in [6, 6.07) is 0.716. The SMILES string of the molecule is CCC(CCCSCC1CCCO1)NC. The minimum absolute atomic E-state index is 0.557. The van der Waals surface area contributed by atoms with Gasteiger partial charge in [0.1, 0.15) is 0 Å². The van der Waals surface area contributed by atoms with E-state index in [1.54, 1.807) is 0 Å². The fourth-order valence-corrected chi connectivity index (χ4v) is 3.04. The van der Waals surface area contributed by atoms with E-state index in [2.05, 4.69) is 31.1 Å². The van der Waals surface area contributed by atoms with Gasteiger partial charge in [0.05, 0.1) is 6.10 Å². The lowest BCUT2D eigenvalue weighted by molar-refractivity contribution is 0.129. The van der Waals surface area contributed by atoms with Crippen LogP contribution in [0.4, 0.5) is 0 Å². The molecule has 2 unspecified atom stereocenters. The van der Waals surface area contributed by atoms with Crippen molar-refractivity contribution in [2.24, 2.45) is 0 Å². The molecule has 90 valence electrons. The van der Waals surface area contributed by atoms with Crippen LogP contribution in [-0.2, 0) is 4.74 Å². The molecule has 1 aliphatic heterocycles. The second-order valence-corrected chi connectivity index (χ2v) is 5.40. The van der Waals surface area contributed by atoms with Crippen LogP contribution in [0.5, 0.6) is 0 Å². The highest BCUT2D eigenvalue weighted by molar-refractivity contribution is 7.99. The Hall–Kier alpha value is 0.270. The summed E-state index contributed by atoms with van der Waals surface area (Å²) < 4.78 is 5.59. The Labute approximate surface area is 98.5 Å². The van der Waals surface area contributed by atoms with E-state index in [1.807, 2.05) is 0 Å². The highest BCUT2D eigenvalue weighted by atomic mass is 32.2.